The summed E-state index contributed by atoms with van der Waals surface area (Å²) in [7, 11) is 0. The Labute approximate surface area is 118 Å². The molecule has 18 heavy (non-hydrogen) atoms. The van der Waals surface area contributed by atoms with E-state index >= 15 is 0 Å². The Bertz CT molecular complexity index is 527. The van der Waals surface area contributed by atoms with Gasteiger partial charge in [0.15, 0.2) is 0 Å². The molecule has 5 heteroatoms. The van der Waals surface area contributed by atoms with Gasteiger partial charge in [-0.05, 0) is 30.7 Å². The van der Waals surface area contributed by atoms with Gasteiger partial charge >= 0.3 is 0 Å². The van der Waals surface area contributed by atoms with Crippen molar-refractivity contribution in [2.75, 3.05) is 6.54 Å². The summed E-state index contributed by atoms with van der Waals surface area (Å²) in [6.07, 6.45) is 0.908. The standard InChI is InChI=1S/C13H14BrFN2S/c1-9-8-18-13(17-9)4-5-16-7-10-6-11(15)2-3-12(10)14/h2-3,6,8,16H,4-5,7H2,1H3. The predicted octanol–water partition coefficient (Wildman–Crippen LogP) is 3.69. The fraction of sp³-hybridized carbons (Fsp3) is 0.308. The third kappa shape index (κ3) is 3.86. The van der Waals surface area contributed by atoms with Gasteiger partial charge in [0.25, 0.3) is 0 Å². The molecule has 0 amide bonds. The Morgan fingerprint density at radius 3 is 3.00 bits per heavy atom. The summed E-state index contributed by atoms with van der Waals surface area (Å²) in [5.74, 6) is -0.203. The number of halogens is 2. The molecular weight excluding hydrogens is 315 g/mol. The fourth-order valence-electron chi connectivity index (χ4n) is 1.61. The molecule has 1 aromatic heterocycles. The summed E-state index contributed by atoms with van der Waals surface area (Å²) in [5.41, 5.74) is 2.01. The van der Waals surface area contributed by atoms with Crippen molar-refractivity contribution in [3.8, 4) is 0 Å². The normalized spacial score (nSPS) is 10.8. The molecule has 0 aliphatic carbocycles. The highest BCUT2D eigenvalue weighted by molar-refractivity contribution is 9.10. The minimum Gasteiger partial charge on any atom is -0.312 e. The Kier molecular flexibility index (Phi) is 4.86. The van der Waals surface area contributed by atoms with Crippen molar-refractivity contribution < 1.29 is 4.39 Å². The largest absolute Gasteiger partial charge is 0.312 e. The van der Waals surface area contributed by atoms with Crippen LogP contribution in [0, 0.1) is 12.7 Å². The molecule has 1 heterocycles. The minimum absolute atomic E-state index is 0.203. The van der Waals surface area contributed by atoms with Crippen LogP contribution in [-0.4, -0.2) is 11.5 Å². The van der Waals surface area contributed by atoms with E-state index in [0.717, 1.165) is 33.7 Å². The number of nitrogens with one attached hydrogen (secondary N) is 1. The lowest BCUT2D eigenvalue weighted by Gasteiger charge is -2.06. The summed E-state index contributed by atoms with van der Waals surface area (Å²) < 4.78 is 14.0. The Morgan fingerprint density at radius 1 is 1.44 bits per heavy atom. The maximum Gasteiger partial charge on any atom is 0.123 e. The number of aryl methyl sites for hydroxylation is 1. The van der Waals surface area contributed by atoms with Gasteiger partial charge in [-0.1, -0.05) is 15.9 Å². The fourth-order valence-corrected chi connectivity index (χ4v) is 2.78. The van der Waals surface area contributed by atoms with E-state index in [4.69, 9.17) is 0 Å². The van der Waals surface area contributed by atoms with Crippen LogP contribution in [0.2, 0.25) is 0 Å². The number of benzene rings is 1. The molecule has 0 atom stereocenters. The molecule has 0 fully saturated rings. The average molecular weight is 329 g/mol. The summed E-state index contributed by atoms with van der Waals surface area (Å²) in [5, 5.41) is 6.49. The zero-order valence-electron chi connectivity index (χ0n) is 10.0. The lowest BCUT2D eigenvalue weighted by atomic mass is 10.2. The quantitative estimate of drug-likeness (QED) is 0.847. The van der Waals surface area contributed by atoms with E-state index < -0.39 is 0 Å². The van der Waals surface area contributed by atoms with Crippen molar-refractivity contribution in [2.24, 2.45) is 0 Å². The molecule has 0 unspecified atom stereocenters. The predicted molar refractivity (Wildman–Crippen MR) is 76.4 cm³/mol. The van der Waals surface area contributed by atoms with Gasteiger partial charge < -0.3 is 5.32 Å². The molecule has 0 spiro atoms. The Balaban J connectivity index is 1.80. The van der Waals surface area contributed by atoms with Crippen molar-refractivity contribution in [3.63, 3.8) is 0 Å². The van der Waals surface area contributed by atoms with Crippen LogP contribution in [0.3, 0.4) is 0 Å². The number of rotatable bonds is 5. The molecule has 0 radical (unpaired) electrons. The van der Waals surface area contributed by atoms with Gasteiger partial charge in [0, 0.05) is 35.1 Å². The lowest BCUT2D eigenvalue weighted by Crippen LogP contribution is -2.17. The van der Waals surface area contributed by atoms with Crippen LogP contribution >= 0.6 is 27.3 Å². The van der Waals surface area contributed by atoms with Gasteiger partial charge in [0.1, 0.15) is 5.82 Å². The summed E-state index contributed by atoms with van der Waals surface area (Å²) in [4.78, 5) is 4.40. The summed E-state index contributed by atoms with van der Waals surface area (Å²) in [6.45, 7) is 3.50. The van der Waals surface area contributed by atoms with E-state index in [0.29, 0.717) is 6.54 Å². The van der Waals surface area contributed by atoms with Crippen LogP contribution in [0.4, 0.5) is 4.39 Å². The first-order chi connectivity index (χ1) is 8.65. The zero-order chi connectivity index (χ0) is 13.0. The highest BCUT2D eigenvalue weighted by Gasteiger charge is 2.02. The average Bonchev–Trinajstić information content (AvgIpc) is 2.75. The van der Waals surface area contributed by atoms with Gasteiger partial charge in [0.2, 0.25) is 0 Å². The van der Waals surface area contributed by atoms with Crippen molar-refractivity contribution in [1.82, 2.24) is 10.3 Å². The number of aromatic nitrogens is 1. The van der Waals surface area contributed by atoms with Crippen LogP contribution in [0.1, 0.15) is 16.3 Å². The third-order valence-corrected chi connectivity index (χ3v) is 4.31. The van der Waals surface area contributed by atoms with Crippen molar-refractivity contribution in [2.45, 2.75) is 19.9 Å². The molecular formula is C13H14BrFN2S. The number of nitrogens with zero attached hydrogens (tertiary/aromatic N) is 1. The van der Waals surface area contributed by atoms with Crippen LogP contribution in [0.25, 0.3) is 0 Å². The van der Waals surface area contributed by atoms with Gasteiger partial charge in [-0.15, -0.1) is 11.3 Å². The Morgan fingerprint density at radius 2 is 2.28 bits per heavy atom. The van der Waals surface area contributed by atoms with Gasteiger partial charge in [-0.25, -0.2) is 9.37 Å². The number of thiazole rings is 1. The molecule has 0 bridgehead atoms. The zero-order valence-corrected chi connectivity index (χ0v) is 12.4. The Hall–Kier alpha value is -0.780. The highest BCUT2D eigenvalue weighted by atomic mass is 79.9. The summed E-state index contributed by atoms with van der Waals surface area (Å²) in [6, 6.07) is 4.73. The molecule has 1 aromatic carbocycles. The highest BCUT2D eigenvalue weighted by Crippen LogP contribution is 2.17. The smallest absolute Gasteiger partial charge is 0.123 e. The van der Waals surface area contributed by atoms with E-state index in [1.165, 1.54) is 6.07 Å². The van der Waals surface area contributed by atoms with Crippen LogP contribution in [-0.2, 0) is 13.0 Å². The third-order valence-electron chi connectivity index (χ3n) is 2.51. The summed E-state index contributed by atoms with van der Waals surface area (Å²) >= 11 is 5.09. The van der Waals surface area contributed by atoms with Crippen molar-refractivity contribution in [3.05, 3.63) is 50.1 Å². The van der Waals surface area contributed by atoms with Gasteiger partial charge in [-0.2, -0.15) is 0 Å². The molecule has 2 aromatic rings. The first-order valence-electron chi connectivity index (χ1n) is 5.71. The molecule has 2 nitrogen and oxygen atoms in total. The van der Waals surface area contributed by atoms with E-state index in [1.54, 1.807) is 23.5 Å². The van der Waals surface area contributed by atoms with E-state index in [1.807, 2.05) is 6.92 Å². The number of hydrogen-bond donors (Lipinski definition) is 1. The first kappa shape index (κ1) is 13.6. The molecule has 0 aliphatic heterocycles. The van der Waals surface area contributed by atoms with Gasteiger partial charge in [0.05, 0.1) is 5.01 Å². The maximum atomic E-state index is 13.1. The topological polar surface area (TPSA) is 24.9 Å². The van der Waals surface area contributed by atoms with Crippen LogP contribution < -0.4 is 5.32 Å². The van der Waals surface area contributed by atoms with Crippen molar-refractivity contribution >= 4 is 27.3 Å². The first-order valence-corrected chi connectivity index (χ1v) is 7.38. The van der Waals surface area contributed by atoms with Crippen molar-refractivity contribution in [1.29, 1.82) is 0 Å². The molecule has 96 valence electrons. The molecule has 1 N–H and O–H groups in total. The molecule has 0 aliphatic rings. The van der Waals surface area contributed by atoms with E-state index in [9.17, 15) is 4.39 Å². The second kappa shape index (κ2) is 6.41. The lowest BCUT2D eigenvalue weighted by molar-refractivity contribution is 0.619. The molecule has 0 saturated heterocycles. The van der Waals surface area contributed by atoms with Crippen LogP contribution in [0.15, 0.2) is 28.1 Å². The van der Waals surface area contributed by atoms with E-state index in [2.05, 4.69) is 31.6 Å². The molecule has 2 rings (SSSR count). The van der Waals surface area contributed by atoms with E-state index in [-0.39, 0.29) is 5.82 Å². The second-order valence-electron chi connectivity index (χ2n) is 4.05. The molecule has 0 saturated carbocycles. The van der Waals surface area contributed by atoms with Gasteiger partial charge in [-0.3, -0.25) is 0 Å². The SMILES string of the molecule is Cc1csc(CCNCc2cc(F)ccc2Br)n1. The minimum atomic E-state index is -0.203. The number of hydrogen-bond acceptors (Lipinski definition) is 3. The van der Waals surface area contributed by atoms with Crippen LogP contribution in [0.5, 0.6) is 0 Å². The second-order valence-corrected chi connectivity index (χ2v) is 5.84. The monoisotopic (exact) mass is 328 g/mol. The maximum absolute atomic E-state index is 13.1.